The van der Waals surface area contributed by atoms with Crippen molar-refractivity contribution in [3.05, 3.63) is 16.3 Å². The third-order valence-electron chi connectivity index (χ3n) is 4.29. The molecule has 12 heteroatoms. The Labute approximate surface area is 190 Å². The van der Waals surface area contributed by atoms with E-state index in [4.69, 9.17) is 9.47 Å². The normalized spacial score (nSPS) is 24.2. The fourth-order valence-electron chi connectivity index (χ4n) is 3.17. The zero-order valence-corrected chi connectivity index (χ0v) is 21.5. The van der Waals surface area contributed by atoms with Crippen molar-refractivity contribution < 1.29 is 19.1 Å². The Balaban J connectivity index is 1.92. The molecule has 1 aromatic heterocycles. The van der Waals surface area contributed by atoms with Crippen molar-refractivity contribution >= 4 is 54.8 Å². The van der Waals surface area contributed by atoms with E-state index >= 15 is 0 Å². The Morgan fingerprint density at radius 2 is 2.10 bits per heavy atom. The summed E-state index contributed by atoms with van der Waals surface area (Å²) in [5.74, 6) is 0.402. The third kappa shape index (κ3) is 4.71. The Morgan fingerprint density at radius 3 is 2.63 bits per heavy atom. The minimum Gasteiger partial charge on any atom is -0.455 e. The topological polar surface area (TPSA) is 93.7 Å². The molecular formula is C18H27N4O4PS3. The van der Waals surface area contributed by atoms with Crippen LogP contribution in [0.2, 0.25) is 0 Å². The molecule has 1 fully saturated rings. The highest BCUT2D eigenvalue weighted by molar-refractivity contribution is 8.01. The average molecular weight is 491 g/mol. The molecule has 166 valence electrons. The van der Waals surface area contributed by atoms with Crippen LogP contribution in [-0.4, -0.2) is 75.6 Å². The number of aryl methyl sites for hydroxylation is 1. The van der Waals surface area contributed by atoms with Gasteiger partial charge in [0.15, 0.2) is 4.34 Å². The molecule has 1 saturated heterocycles. The number of amides is 1. The lowest BCUT2D eigenvalue weighted by Crippen LogP contribution is -2.79. The maximum atomic E-state index is 13.3. The largest absolute Gasteiger partial charge is 0.455 e. The van der Waals surface area contributed by atoms with E-state index in [1.54, 1.807) is 16.7 Å². The minimum atomic E-state index is -1.11. The predicted molar refractivity (Wildman–Crippen MR) is 123 cm³/mol. The summed E-state index contributed by atoms with van der Waals surface area (Å²) in [6.45, 7) is 11.4. The number of rotatable bonds is 7. The molecule has 2 aliphatic heterocycles. The van der Waals surface area contributed by atoms with Crippen molar-refractivity contribution in [2.24, 2.45) is 0 Å². The Bertz CT molecular complexity index is 870. The summed E-state index contributed by atoms with van der Waals surface area (Å²) in [6, 6.07) is 0. The molecule has 30 heavy (non-hydrogen) atoms. The summed E-state index contributed by atoms with van der Waals surface area (Å²) in [5.41, 5.74) is -0.581. The third-order valence-corrected chi connectivity index (χ3v) is 8.50. The number of hydrogen-bond donors (Lipinski definition) is 1. The number of carbonyl (C=O) groups is 2. The highest BCUT2D eigenvalue weighted by Gasteiger charge is 2.66. The quantitative estimate of drug-likeness (QED) is 0.203. The molecule has 0 spiro atoms. The smallest absolute Gasteiger partial charge is 0.355 e. The molecule has 0 radical (unpaired) electrons. The van der Waals surface area contributed by atoms with Gasteiger partial charge < -0.3 is 9.47 Å². The summed E-state index contributed by atoms with van der Waals surface area (Å²) < 4.78 is 12.1. The van der Waals surface area contributed by atoms with Crippen molar-refractivity contribution in [3.8, 4) is 0 Å². The fourth-order valence-corrected chi connectivity index (χ4v) is 7.62. The van der Waals surface area contributed by atoms with E-state index in [0.717, 1.165) is 14.9 Å². The van der Waals surface area contributed by atoms with Crippen LogP contribution in [0, 0.1) is 6.92 Å². The SMILES string of the molecule is CO[C@@]1(NP(C)C)C(=O)N2C(C(=O)OC(C)(C)C)=C(CSc3nnc(C)s3)CS[C@H]21. The van der Waals surface area contributed by atoms with Gasteiger partial charge in [0.1, 0.15) is 21.7 Å². The van der Waals surface area contributed by atoms with Gasteiger partial charge in [0, 0.05) is 18.6 Å². The molecule has 2 atom stereocenters. The van der Waals surface area contributed by atoms with E-state index in [2.05, 4.69) is 15.3 Å². The Hall–Kier alpha value is -0.710. The lowest BCUT2D eigenvalue weighted by Gasteiger charge is -2.57. The molecule has 0 saturated carbocycles. The van der Waals surface area contributed by atoms with Gasteiger partial charge in [-0.2, -0.15) is 0 Å². The van der Waals surface area contributed by atoms with Crippen LogP contribution in [0.5, 0.6) is 0 Å². The molecular weight excluding hydrogens is 463 g/mol. The van der Waals surface area contributed by atoms with E-state index in [1.807, 2.05) is 41.0 Å². The second-order valence-corrected chi connectivity index (χ2v) is 13.6. The molecule has 0 bridgehead atoms. The number of nitrogens with zero attached hydrogens (tertiary/aromatic N) is 3. The monoisotopic (exact) mass is 490 g/mol. The summed E-state index contributed by atoms with van der Waals surface area (Å²) in [5, 5.41) is 12.1. The van der Waals surface area contributed by atoms with Gasteiger partial charge in [0.2, 0.25) is 5.72 Å². The maximum absolute atomic E-state index is 13.3. The average Bonchev–Trinajstić information content (AvgIpc) is 3.06. The Morgan fingerprint density at radius 1 is 1.40 bits per heavy atom. The van der Waals surface area contributed by atoms with E-state index in [-0.39, 0.29) is 11.3 Å². The first-order chi connectivity index (χ1) is 14.0. The first-order valence-electron chi connectivity index (χ1n) is 9.32. The van der Waals surface area contributed by atoms with Crippen molar-refractivity contribution in [1.29, 1.82) is 0 Å². The number of esters is 1. The van der Waals surface area contributed by atoms with Crippen LogP contribution in [0.15, 0.2) is 15.6 Å². The van der Waals surface area contributed by atoms with Gasteiger partial charge in [-0.1, -0.05) is 23.1 Å². The standard InChI is InChI=1S/C18H27N4O4PS3/c1-10-19-20-16(30-10)29-9-11-8-28-15-18(25-5,21-27(6)7)14(24)22(15)12(11)13(23)26-17(2,3)4/h15,21H,8-9H2,1-7H3/t15-,18-/m0/s1. The molecule has 1 amide bonds. The number of fused-ring (bicyclic) bond motifs is 1. The van der Waals surface area contributed by atoms with Crippen LogP contribution in [0.25, 0.3) is 0 Å². The number of ether oxygens (including phenoxy) is 2. The van der Waals surface area contributed by atoms with Crippen LogP contribution in [0.3, 0.4) is 0 Å². The van der Waals surface area contributed by atoms with Crippen molar-refractivity contribution in [1.82, 2.24) is 20.2 Å². The zero-order chi connectivity index (χ0) is 22.3. The van der Waals surface area contributed by atoms with Gasteiger partial charge in [-0.15, -0.1) is 22.0 Å². The number of β-lactam (4-membered cyclic amide) rings is 1. The number of nitrogens with one attached hydrogen (secondary N) is 1. The summed E-state index contributed by atoms with van der Waals surface area (Å²) >= 11 is 4.62. The molecule has 1 aromatic rings. The predicted octanol–water partition coefficient (Wildman–Crippen LogP) is 3.04. The molecule has 0 aliphatic carbocycles. The maximum Gasteiger partial charge on any atom is 0.355 e. The fraction of sp³-hybridized carbons (Fsp3) is 0.667. The van der Waals surface area contributed by atoms with Gasteiger partial charge in [-0.3, -0.25) is 14.8 Å². The number of thioether (sulfide) groups is 2. The highest BCUT2D eigenvalue weighted by Crippen LogP contribution is 2.49. The van der Waals surface area contributed by atoms with Gasteiger partial charge in [-0.05, 0) is 54.7 Å². The minimum absolute atomic E-state index is 0.256. The van der Waals surface area contributed by atoms with Crippen LogP contribution in [-0.2, 0) is 19.1 Å². The molecule has 3 heterocycles. The van der Waals surface area contributed by atoms with Crippen LogP contribution in [0.4, 0.5) is 0 Å². The Kier molecular flexibility index (Phi) is 7.21. The van der Waals surface area contributed by atoms with Gasteiger partial charge in [-0.25, -0.2) is 4.79 Å². The van der Waals surface area contributed by atoms with Crippen LogP contribution in [0.1, 0.15) is 25.8 Å². The number of methoxy groups -OCH3 is 1. The second-order valence-electron chi connectivity index (χ2n) is 8.11. The first kappa shape index (κ1) is 23.9. The molecule has 0 unspecified atom stereocenters. The van der Waals surface area contributed by atoms with E-state index in [1.165, 1.54) is 30.2 Å². The first-order valence-corrected chi connectivity index (χ1v) is 14.4. The second kappa shape index (κ2) is 9.03. The van der Waals surface area contributed by atoms with Crippen LogP contribution < -0.4 is 5.09 Å². The lowest BCUT2D eigenvalue weighted by molar-refractivity contribution is -0.188. The van der Waals surface area contributed by atoms with Gasteiger partial charge in [0.25, 0.3) is 5.91 Å². The van der Waals surface area contributed by atoms with Gasteiger partial charge in [0.05, 0.1) is 0 Å². The summed E-state index contributed by atoms with van der Waals surface area (Å²) in [4.78, 5) is 27.9. The van der Waals surface area contributed by atoms with Crippen molar-refractivity contribution in [2.45, 2.75) is 48.7 Å². The molecule has 1 N–H and O–H groups in total. The lowest BCUT2D eigenvalue weighted by atomic mass is 9.99. The zero-order valence-electron chi connectivity index (χ0n) is 18.1. The van der Waals surface area contributed by atoms with Crippen LogP contribution >= 0.6 is 42.9 Å². The van der Waals surface area contributed by atoms with E-state index in [0.29, 0.717) is 17.2 Å². The number of aromatic nitrogens is 2. The van der Waals surface area contributed by atoms with E-state index < -0.39 is 25.4 Å². The number of hydrogen-bond acceptors (Lipinski definition) is 10. The number of carbonyl (C=O) groups excluding carboxylic acids is 2. The van der Waals surface area contributed by atoms with Gasteiger partial charge >= 0.3 is 5.97 Å². The molecule has 2 aliphatic rings. The highest BCUT2D eigenvalue weighted by atomic mass is 32.2. The summed E-state index contributed by atoms with van der Waals surface area (Å²) in [6.07, 6.45) is 0. The molecule has 8 nitrogen and oxygen atoms in total. The molecule has 3 rings (SSSR count). The summed E-state index contributed by atoms with van der Waals surface area (Å²) in [7, 11) is 0.938. The van der Waals surface area contributed by atoms with E-state index in [9.17, 15) is 9.59 Å². The van der Waals surface area contributed by atoms with Crippen molar-refractivity contribution in [2.75, 3.05) is 31.9 Å². The molecule has 0 aromatic carbocycles. The van der Waals surface area contributed by atoms with Crippen molar-refractivity contribution in [3.63, 3.8) is 0 Å².